The Balaban J connectivity index is 1.83. The summed E-state index contributed by atoms with van der Waals surface area (Å²) in [4.78, 5) is 0. The molecular weight excluding hydrogens is 238 g/mol. The quantitative estimate of drug-likeness (QED) is 0.855. The molecule has 4 nitrogen and oxygen atoms in total. The first kappa shape index (κ1) is 13.1. The minimum Gasteiger partial charge on any atom is -0.388 e. The van der Waals surface area contributed by atoms with Crippen LogP contribution in [0.1, 0.15) is 50.7 Å². The Bertz CT molecular complexity index is 444. The van der Waals surface area contributed by atoms with Crippen LogP contribution < -0.4 is 5.73 Å². The van der Waals surface area contributed by atoms with Crippen molar-refractivity contribution in [3.8, 4) is 0 Å². The smallest absolute Gasteiger partial charge is 0.0891 e. The lowest BCUT2D eigenvalue weighted by Crippen LogP contribution is -2.41. The van der Waals surface area contributed by atoms with Crippen molar-refractivity contribution < 1.29 is 5.11 Å². The molecule has 0 spiro atoms. The summed E-state index contributed by atoms with van der Waals surface area (Å²) in [6, 6.07) is 0. The molecule has 106 valence electrons. The van der Waals surface area contributed by atoms with Crippen LogP contribution in [0.2, 0.25) is 0 Å². The van der Waals surface area contributed by atoms with Crippen molar-refractivity contribution in [2.75, 3.05) is 6.54 Å². The fraction of sp³-hybridized carbons (Fsp3) is 0.800. The summed E-state index contributed by atoms with van der Waals surface area (Å²) >= 11 is 0. The Labute approximate surface area is 115 Å². The van der Waals surface area contributed by atoms with Crippen molar-refractivity contribution in [3.05, 3.63) is 18.0 Å². The van der Waals surface area contributed by atoms with E-state index in [1.807, 2.05) is 17.1 Å². The SMILES string of the molecule is CCCn1cc(C(O)C2(CN)CC3CCC2C3)cn1. The molecule has 1 aromatic rings. The first-order chi connectivity index (χ1) is 9.19. The molecule has 2 aliphatic carbocycles. The van der Waals surface area contributed by atoms with Crippen molar-refractivity contribution in [3.63, 3.8) is 0 Å². The molecule has 4 heteroatoms. The van der Waals surface area contributed by atoms with E-state index in [4.69, 9.17) is 5.73 Å². The van der Waals surface area contributed by atoms with Crippen molar-refractivity contribution in [1.82, 2.24) is 9.78 Å². The van der Waals surface area contributed by atoms with E-state index in [-0.39, 0.29) is 5.41 Å². The van der Waals surface area contributed by atoms with Crippen LogP contribution in [-0.2, 0) is 6.54 Å². The highest BCUT2D eigenvalue weighted by atomic mass is 16.3. The van der Waals surface area contributed by atoms with E-state index < -0.39 is 6.10 Å². The highest BCUT2D eigenvalue weighted by Crippen LogP contribution is 2.60. The minimum atomic E-state index is -0.446. The van der Waals surface area contributed by atoms with Gasteiger partial charge < -0.3 is 10.8 Å². The fourth-order valence-electron chi connectivity index (χ4n) is 4.39. The summed E-state index contributed by atoms with van der Waals surface area (Å²) in [7, 11) is 0. The molecule has 0 amide bonds. The summed E-state index contributed by atoms with van der Waals surface area (Å²) < 4.78 is 1.93. The van der Waals surface area contributed by atoms with Crippen LogP contribution in [0.15, 0.2) is 12.4 Å². The number of aromatic nitrogens is 2. The molecule has 0 aliphatic heterocycles. The highest BCUT2D eigenvalue weighted by molar-refractivity contribution is 5.17. The molecule has 0 saturated heterocycles. The number of rotatable bonds is 5. The van der Waals surface area contributed by atoms with Crippen LogP contribution in [0.4, 0.5) is 0 Å². The van der Waals surface area contributed by atoms with Crippen LogP contribution in [-0.4, -0.2) is 21.4 Å². The Hall–Kier alpha value is -0.870. The second kappa shape index (κ2) is 4.91. The largest absolute Gasteiger partial charge is 0.388 e. The monoisotopic (exact) mass is 263 g/mol. The van der Waals surface area contributed by atoms with Gasteiger partial charge >= 0.3 is 0 Å². The molecule has 2 fully saturated rings. The Kier molecular flexibility index (Phi) is 3.39. The minimum absolute atomic E-state index is 0.0943. The lowest BCUT2D eigenvalue weighted by atomic mass is 9.68. The van der Waals surface area contributed by atoms with Gasteiger partial charge in [-0.3, -0.25) is 4.68 Å². The van der Waals surface area contributed by atoms with Crippen molar-refractivity contribution >= 4 is 0 Å². The second-order valence-corrected chi connectivity index (χ2v) is 6.46. The number of fused-ring (bicyclic) bond motifs is 2. The van der Waals surface area contributed by atoms with E-state index in [2.05, 4.69) is 12.0 Å². The molecule has 2 saturated carbocycles. The summed E-state index contributed by atoms with van der Waals surface area (Å²) in [5, 5.41) is 15.2. The van der Waals surface area contributed by atoms with E-state index >= 15 is 0 Å². The second-order valence-electron chi connectivity index (χ2n) is 6.46. The molecular formula is C15H25N3O. The Morgan fingerprint density at radius 1 is 1.58 bits per heavy atom. The number of nitrogens with zero attached hydrogens (tertiary/aromatic N) is 2. The van der Waals surface area contributed by atoms with Gasteiger partial charge in [0.25, 0.3) is 0 Å². The van der Waals surface area contributed by atoms with E-state index in [1.54, 1.807) is 0 Å². The summed E-state index contributed by atoms with van der Waals surface area (Å²) in [5.74, 6) is 1.39. The van der Waals surface area contributed by atoms with Crippen molar-refractivity contribution in [1.29, 1.82) is 0 Å². The van der Waals surface area contributed by atoms with E-state index in [0.717, 1.165) is 30.9 Å². The van der Waals surface area contributed by atoms with Gasteiger partial charge in [-0.25, -0.2) is 0 Å². The zero-order chi connectivity index (χ0) is 13.5. The summed E-state index contributed by atoms with van der Waals surface area (Å²) in [5.41, 5.74) is 6.93. The standard InChI is InChI=1S/C15H25N3O/c1-2-5-18-9-12(8-17-18)14(19)15(10-16)7-11-3-4-13(15)6-11/h8-9,11,13-14,19H,2-7,10,16H2,1H3. The van der Waals surface area contributed by atoms with Gasteiger partial charge in [-0.15, -0.1) is 0 Å². The van der Waals surface area contributed by atoms with Gasteiger partial charge in [-0.2, -0.15) is 5.10 Å². The zero-order valence-corrected chi connectivity index (χ0v) is 11.8. The normalized spacial score (nSPS) is 34.9. The molecule has 4 atom stereocenters. The van der Waals surface area contributed by atoms with Gasteiger partial charge in [0.15, 0.2) is 0 Å². The lowest BCUT2D eigenvalue weighted by Gasteiger charge is -2.40. The van der Waals surface area contributed by atoms with Gasteiger partial charge in [0.2, 0.25) is 0 Å². The van der Waals surface area contributed by atoms with E-state index in [9.17, 15) is 5.11 Å². The maximum Gasteiger partial charge on any atom is 0.0891 e. The number of hydrogen-bond donors (Lipinski definition) is 2. The third-order valence-corrected chi connectivity index (χ3v) is 5.37. The van der Waals surface area contributed by atoms with E-state index in [1.165, 1.54) is 19.3 Å². The fourth-order valence-corrected chi connectivity index (χ4v) is 4.39. The van der Waals surface area contributed by atoms with Gasteiger partial charge in [0, 0.05) is 30.3 Å². The van der Waals surface area contributed by atoms with Crippen LogP contribution >= 0.6 is 0 Å². The number of nitrogens with two attached hydrogens (primary N) is 1. The average molecular weight is 263 g/mol. The zero-order valence-electron chi connectivity index (χ0n) is 11.8. The van der Waals surface area contributed by atoms with Crippen LogP contribution in [0.5, 0.6) is 0 Å². The Morgan fingerprint density at radius 3 is 3.00 bits per heavy atom. The Morgan fingerprint density at radius 2 is 2.42 bits per heavy atom. The van der Waals surface area contributed by atoms with Gasteiger partial charge in [-0.05, 0) is 37.5 Å². The molecule has 3 rings (SSSR count). The first-order valence-corrected chi connectivity index (χ1v) is 7.60. The topological polar surface area (TPSA) is 64.1 Å². The maximum absolute atomic E-state index is 10.8. The molecule has 19 heavy (non-hydrogen) atoms. The third kappa shape index (κ3) is 2.01. The molecule has 0 radical (unpaired) electrons. The van der Waals surface area contributed by atoms with Gasteiger partial charge in [0.1, 0.15) is 0 Å². The molecule has 0 aromatic carbocycles. The molecule has 2 aliphatic rings. The number of aliphatic hydroxyl groups excluding tert-OH is 1. The van der Waals surface area contributed by atoms with Gasteiger partial charge in [0.05, 0.1) is 12.3 Å². The van der Waals surface area contributed by atoms with Gasteiger partial charge in [-0.1, -0.05) is 13.3 Å². The van der Waals surface area contributed by atoms with E-state index in [0.29, 0.717) is 12.5 Å². The molecule has 4 unspecified atom stereocenters. The number of aliphatic hydroxyl groups is 1. The van der Waals surface area contributed by atoms with Crippen molar-refractivity contribution in [2.45, 2.75) is 51.7 Å². The predicted octanol–water partition coefficient (Wildman–Crippen LogP) is 2.09. The molecule has 2 bridgehead atoms. The number of aryl methyl sites for hydroxylation is 1. The molecule has 1 heterocycles. The summed E-state index contributed by atoms with van der Waals surface area (Å²) in [6.07, 6.45) is 9.35. The van der Waals surface area contributed by atoms with Crippen LogP contribution in [0.25, 0.3) is 0 Å². The molecule has 3 N–H and O–H groups in total. The third-order valence-electron chi connectivity index (χ3n) is 5.37. The molecule has 1 aromatic heterocycles. The van der Waals surface area contributed by atoms with Crippen LogP contribution in [0.3, 0.4) is 0 Å². The maximum atomic E-state index is 10.8. The summed E-state index contributed by atoms with van der Waals surface area (Å²) in [6.45, 7) is 3.64. The highest BCUT2D eigenvalue weighted by Gasteiger charge is 2.54. The van der Waals surface area contributed by atoms with Crippen LogP contribution in [0, 0.1) is 17.3 Å². The predicted molar refractivity (Wildman–Crippen MR) is 74.4 cm³/mol. The number of hydrogen-bond acceptors (Lipinski definition) is 3. The first-order valence-electron chi connectivity index (χ1n) is 7.60. The lowest BCUT2D eigenvalue weighted by molar-refractivity contribution is -0.0131. The van der Waals surface area contributed by atoms with Crippen molar-refractivity contribution in [2.24, 2.45) is 23.0 Å². The average Bonchev–Trinajstić information content (AvgIpc) is 3.13.